The minimum Gasteiger partial charge on any atom is -0.333 e. The first-order valence-electron chi connectivity index (χ1n) is 4.64. The lowest BCUT2D eigenvalue weighted by atomic mass is 10.1. The second kappa shape index (κ2) is 4.42. The molecule has 0 atom stereocenters. The molecule has 2 rings (SSSR count). The first-order valence-corrected chi connectivity index (χ1v) is 6.21. The lowest BCUT2D eigenvalue weighted by Crippen LogP contribution is -2.16. The van der Waals surface area contributed by atoms with Gasteiger partial charge in [-0.2, -0.15) is 11.8 Å². The molecule has 14 heavy (non-hydrogen) atoms. The zero-order valence-electron chi connectivity index (χ0n) is 8.09. The largest absolute Gasteiger partial charge is 0.333 e. The van der Waals surface area contributed by atoms with Crippen molar-refractivity contribution in [2.45, 2.75) is 18.7 Å². The Kier molecular flexibility index (Phi) is 3.20. The van der Waals surface area contributed by atoms with Crippen LogP contribution in [-0.4, -0.2) is 22.8 Å². The van der Waals surface area contributed by atoms with Crippen molar-refractivity contribution < 1.29 is 0 Å². The van der Waals surface area contributed by atoms with Crippen molar-refractivity contribution in [2.24, 2.45) is 0 Å². The van der Waals surface area contributed by atoms with E-state index in [4.69, 9.17) is 12.2 Å². The molecule has 0 amide bonds. The Bertz CT molecular complexity index is 386. The maximum absolute atomic E-state index is 5.10. The molecule has 3 nitrogen and oxygen atoms in total. The van der Waals surface area contributed by atoms with E-state index in [9.17, 15) is 0 Å². The lowest BCUT2D eigenvalue weighted by Gasteiger charge is -2.17. The van der Waals surface area contributed by atoms with Crippen LogP contribution in [0.2, 0.25) is 0 Å². The van der Waals surface area contributed by atoms with Crippen LogP contribution in [0.3, 0.4) is 0 Å². The highest BCUT2D eigenvalue weighted by Crippen LogP contribution is 2.24. The number of rotatable bonds is 2. The fraction of sp³-hybridized carbons (Fsp3) is 0.556. The van der Waals surface area contributed by atoms with Crippen LogP contribution < -0.4 is 5.32 Å². The predicted octanol–water partition coefficient (Wildman–Crippen LogP) is 1.65. The van der Waals surface area contributed by atoms with Crippen molar-refractivity contribution in [1.82, 2.24) is 15.3 Å². The van der Waals surface area contributed by atoms with Crippen LogP contribution in [0.5, 0.6) is 0 Å². The van der Waals surface area contributed by atoms with Gasteiger partial charge < -0.3 is 10.3 Å². The van der Waals surface area contributed by atoms with Gasteiger partial charge in [0.05, 0.1) is 5.69 Å². The van der Waals surface area contributed by atoms with Gasteiger partial charge in [-0.1, -0.05) is 0 Å². The number of nitrogens with one attached hydrogen (secondary N) is 2. The summed E-state index contributed by atoms with van der Waals surface area (Å²) >= 11 is 7.04. The third-order valence-corrected chi connectivity index (χ3v) is 3.47. The fourth-order valence-corrected chi connectivity index (χ4v) is 2.85. The second-order valence-electron chi connectivity index (χ2n) is 3.28. The number of fused-ring (bicyclic) bond motifs is 1. The Labute approximate surface area is 92.7 Å². The van der Waals surface area contributed by atoms with Crippen molar-refractivity contribution in [3.8, 4) is 0 Å². The van der Waals surface area contributed by atoms with Gasteiger partial charge in [0.2, 0.25) is 0 Å². The highest BCUT2D eigenvalue weighted by Gasteiger charge is 2.14. The number of H-pyrrole nitrogens is 1. The van der Waals surface area contributed by atoms with Crippen LogP contribution in [0.1, 0.15) is 17.0 Å². The van der Waals surface area contributed by atoms with Gasteiger partial charge >= 0.3 is 0 Å². The average Bonchev–Trinajstić information content (AvgIpc) is 2.18. The average molecular weight is 227 g/mol. The quantitative estimate of drug-likeness (QED) is 0.754. The Morgan fingerprint density at radius 3 is 3.29 bits per heavy atom. The molecular formula is C9H13N3S2. The molecule has 0 spiro atoms. The highest BCUT2D eigenvalue weighted by atomic mass is 32.2. The zero-order valence-corrected chi connectivity index (χ0v) is 9.73. The number of aromatic amines is 1. The summed E-state index contributed by atoms with van der Waals surface area (Å²) in [5, 5.41) is 3.13. The van der Waals surface area contributed by atoms with Crippen LogP contribution in [0, 0.1) is 4.77 Å². The number of hydrogen-bond donors (Lipinski definition) is 2. The summed E-state index contributed by atoms with van der Waals surface area (Å²) in [5.41, 5.74) is 3.75. The molecule has 1 aliphatic heterocycles. The Morgan fingerprint density at radius 2 is 2.50 bits per heavy atom. The molecule has 0 fully saturated rings. The first kappa shape index (κ1) is 10.1. The summed E-state index contributed by atoms with van der Waals surface area (Å²) in [4.78, 5) is 7.55. The van der Waals surface area contributed by atoms with E-state index in [1.54, 1.807) is 0 Å². The zero-order chi connectivity index (χ0) is 9.97. The van der Waals surface area contributed by atoms with E-state index in [1.165, 1.54) is 17.0 Å². The van der Waals surface area contributed by atoms with Crippen LogP contribution in [0.4, 0.5) is 0 Å². The van der Waals surface area contributed by atoms with Gasteiger partial charge in [0.25, 0.3) is 0 Å². The molecule has 0 bridgehead atoms. The Hall–Kier alpha value is -0.390. The van der Waals surface area contributed by atoms with E-state index in [1.807, 2.05) is 18.8 Å². The minimum atomic E-state index is 0.608. The molecule has 0 aromatic carbocycles. The normalized spacial score (nSPS) is 15.2. The summed E-state index contributed by atoms with van der Waals surface area (Å²) in [6.07, 6.45) is 1.11. The summed E-state index contributed by atoms with van der Waals surface area (Å²) in [6, 6.07) is 0. The molecule has 5 heteroatoms. The third kappa shape index (κ3) is 1.99. The van der Waals surface area contributed by atoms with Crippen molar-refractivity contribution >= 4 is 24.0 Å². The molecule has 0 saturated heterocycles. The van der Waals surface area contributed by atoms with E-state index >= 15 is 0 Å². The van der Waals surface area contributed by atoms with Crippen molar-refractivity contribution in [3.05, 3.63) is 21.7 Å². The van der Waals surface area contributed by atoms with Crippen molar-refractivity contribution in [3.63, 3.8) is 0 Å². The fourth-order valence-electron chi connectivity index (χ4n) is 1.68. The van der Waals surface area contributed by atoms with Gasteiger partial charge in [-0.3, -0.25) is 0 Å². The van der Waals surface area contributed by atoms with E-state index in [0.29, 0.717) is 4.77 Å². The number of hydrogen-bond acceptors (Lipinski definition) is 4. The minimum absolute atomic E-state index is 0.608. The van der Waals surface area contributed by atoms with Crippen LogP contribution in [0.25, 0.3) is 0 Å². The third-order valence-electron chi connectivity index (χ3n) is 2.29. The summed E-state index contributed by atoms with van der Waals surface area (Å²) in [5.74, 6) is 2.23. The molecule has 1 aliphatic rings. The molecular weight excluding hydrogens is 214 g/mol. The molecule has 1 aromatic rings. The predicted molar refractivity (Wildman–Crippen MR) is 62.1 cm³/mol. The SMILES string of the molecule is CNCc1nc(=S)[nH]c2c1CCSC2. The number of aromatic nitrogens is 2. The maximum Gasteiger partial charge on any atom is 0.197 e. The molecule has 2 N–H and O–H groups in total. The van der Waals surface area contributed by atoms with Crippen LogP contribution in [0.15, 0.2) is 0 Å². The lowest BCUT2D eigenvalue weighted by molar-refractivity contribution is 0.758. The van der Waals surface area contributed by atoms with E-state index in [0.717, 1.165) is 24.4 Å². The monoisotopic (exact) mass is 227 g/mol. The van der Waals surface area contributed by atoms with Gasteiger partial charge in [-0.05, 0) is 37.0 Å². The topological polar surface area (TPSA) is 40.7 Å². The van der Waals surface area contributed by atoms with E-state index < -0.39 is 0 Å². The van der Waals surface area contributed by atoms with Crippen molar-refractivity contribution in [1.29, 1.82) is 0 Å². The molecule has 2 heterocycles. The summed E-state index contributed by atoms with van der Waals surface area (Å²) in [7, 11) is 1.94. The summed E-state index contributed by atoms with van der Waals surface area (Å²) < 4.78 is 0.608. The number of thioether (sulfide) groups is 1. The number of nitrogens with zero attached hydrogens (tertiary/aromatic N) is 1. The van der Waals surface area contributed by atoms with Gasteiger partial charge in [0, 0.05) is 18.0 Å². The summed E-state index contributed by atoms with van der Waals surface area (Å²) in [6.45, 7) is 0.811. The van der Waals surface area contributed by atoms with Gasteiger partial charge in [0.1, 0.15) is 0 Å². The Balaban J connectivity index is 2.47. The van der Waals surface area contributed by atoms with E-state index in [-0.39, 0.29) is 0 Å². The van der Waals surface area contributed by atoms with Gasteiger partial charge in [-0.15, -0.1) is 0 Å². The molecule has 76 valence electrons. The van der Waals surface area contributed by atoms with Crippen LogP contribution >= 0.6 is 24.0 Å². The molecule has 0 aliphatic carbocycles. The van der Waals surface area contributed by atoms with Gasteiger partial charge in [-0.25, -0.2) is 4.98 Å². The smallest absolute Gasteiger partial charge is 0.197 e. The van der Waals surface area contributed by atoms with E-state index in [2.05, 4.69) is 15.3 Å². The maximum atomic E-state index is 5.10. The van der Waals surface area contributed by atoms with Gasteiger partial charge in [0.15, 0.2) is 4.77 Å². The van der Waals surface area contributed by atoms with Crippen molar-refractivity contribution in [2.75, 3.05) is 12.8 Å². The molecule has 1 aromatic heterocycles. The molecule has 0 saturated carbocycles. The standard InChI is InChI=1S/C9H13N3S2/c1-10-4-7-6-2-3-14-5-8(6)12-9(13)11-7/h10H,2-5H2,1H3,(H,11,12,13). The molecule has 0 unspecified atom stereocenters. The first-order chi connectivity index (χ1) is 6.81. The highest BCUT2D eigenvalue weighted by molar-refractivity contribution is 7.98. The Morgan fingerprint density at radius 1 is 1.64 bits per heavy atom. The molecule has 0 radical (unpaired) electrons. The second-order valence-corrected chi connectivity index (χ2v) is 4.77. The van der Waals surface area contributed by atoms with Crippen LogP contribution in [-0.2, 0) is 18.7 Å².